The summed E-state index contributed by atoms with van der Waals surface area (Å²) in [5.41, 5.74) is 1.73. The van der Waals surface area contributed by atoms with Crippen LogP contribution >= 0.6 is 0 Å². The summed E-state index contributed by atoms with van der Waals surface area (Å²) in [4.78, 5) is 37.6. The average Bonchev–Trinajstić information content (AvgIpc) is 2.88. The molecule has 0 aliphatic rings. The summed E-state index contributed by atoms with van der Waals surface area (Å²) >= 11 is 0. The van der Waals surface area contributed by atoms with Crippen LogP contribution < -0.4 is 4.74 Å². The fraction of sp³-hybridized carbons (Fsp3) is 0.323. The molecule has 0 N–H and O–H groups in total. The van der Waals surface area contributed by atoms with Gasteiger partial charge >= 0.3 is 0 Å². The standard InChI is InChI=1S/C31H34O4/c1-7-30(4,5)29(34)24-11-9-22(10-12-24)28(33)23-13-17-26(18-14-23)35-27-19-15-25(16-20-27)31(6,8-2)21(3)32/h9-20H,7-8H2,1-6H3. The monoisotopic (exact) mass is 470 g/mol. The molecule has 3 rings (SSSR count). The highest BCUT2D eigenvalue weighted by molar-refractivity contribution is 6.09. The molecular formula is C31H34O4. The molecule has 0 heterocycles. The van der Waals surface area contributed by atoms with Gasteiger partial charge in [0.1, 0.15) is 17.3 Å². The predicted octanol–water partition coefficient (Wildman–Crippen LogP) is 7.59. The fourth-order valence-electron chi connectivity index (χ4n) is 3.85. The second-order valence-electron chi connectivity index (χ2n) is 9.87. The zero-order chi connectivity index (χ0) is 25.8. The lowest BCUT2D eigenvalue weighted by atomic mass is 9.77. The van der Waals surface area contributed by atoms with E-state index in [1.165, 1.54) is 0 Å². The Morgan fingerprint density at radius 2 is 1.09 bits per heavy atom. The molecule has 0 saturated heterocycles. The Morgan fingerprint density at radius 3 is 1.51 bits per heavy atom. The maximum absolute atomic E-state index is 12.9. The van der Waals surface area contributed by atoms with E-state index in [4.69, 9.17) is 4.74 Å². The summed E-state index contributed by atoms with van der Waals surface area (Å²) in [5, 5.41) is 0. The van der Waals surface area contributed by atoms with Crippen molar-refractivity contribution in [3.63, 3.8) is 0 Å². The molecule has 0 amide bonds. The lowest BCUT2D eigenvalue weighted by molar-refractivity contribution is -0.122. The van der Waals surface area contributed by atoms with E-state index in [-0.39, 0.29) is 17.3 Å². The Labute approximate surface area is 208 Å². The Kier molecular flexibility index (Phi) is 7.74. The van der Waals surface area contributed by atoms with Crippen LogP contribution in [-0.2, 0) is 10.2 Å². The van der Waals surface area contributed by atoms with Gasteiger partial charge in [-0.2, -0.15) is 0 Å². The third kappa shape index (κ3) is 5.59. The summed E-state index contributed by atoms with van der Waals surface area (Å²) in [6.45, 7) is 11.4. The average molecular weight is 471 g/mol. The molecule has 0 bridgehead atoms. The summed E-state index contributed by atoms with van der Waals surface area (Å²) in [6.07, 6.45) is 1.48. The first-order valence-corrected chi connectivity index (χ1v) is 12.1. The smallest absolute Gasteiger partial charge is 0.193 e. The zero-order valence-electron chi connectivity index (χ0n) is 21.5. The van der Waals surface area contributed by atoms with Gasteiger partial charge in [0.05, 0.1) is 5.41 Å². The highest BCUT2D eigenvalue weighted by Crippen LogP contribution is 2.31. The van der Waals surface area contributed by atoms with E-state index in [1.54, 1.807) is 55.5 Å². The molecule has 0 aliphatic carbocycles. The molecule has 4 nitrogen and oxygen atoms in total. The SMILES string of the molecule is CCC(C)(C)C(=O)c1ccc(C(=O)c2ccc(Oc3ccc(C(C)(CC)C(C)=O)cc3)cc2)cc1. The molecule has 0 spiro atoms. The lowest BCUT2D eigenvalue weighted by Crippen LogP contribution is -2.29. The van der Waals surface area contributed by atoms with Gasteiger partial charge < -0.3 is 4.74 Å². The second kappa shape index (κ2) is 10.4. The van der Waals surface area contributed by atoms with Crippen LogP contribution in [0.15, 0.2) is 72.8 Å². The predicted molar refractivity (Wildman–Crippen MR) is 140 cm³/mol. The number of ketones is 3. The van der Waals surface area contributed by atoms with Crippen LogP contribution in [0.2, 0.25) is 0 Å². The van der Waals surface area contributed by atoms with Crippen molar-refractivity contribution in [3.8, 4) is 11.5 Å². The quantitative estimate of drug-likeness (QED) is 0.286. The van der Waals surface area contributed by atoms with Gasteiger partial charge in [0, 0.05) is 22.1 Å². The van der Waals surface area contributed by atoms with Gasteiger partial charge in [-0.05, 0) is 68.7 Å². The normalized spacial score (nSPS) is 13.1. The summed E-state index contributed by atoms with van der Waals surface area (Å²) in [6, 6.07) is 21.4. The Bertz CT molecular complexity index is 1200. The van der Waals surface area contributed by atoms with Gasteiger partial charge in [0.2, 0.25) is 0 Å². The largest absolute Gasteiger partial charge is 0.457 e. The molecule has 4 heteroatoms. The van der Waals surface area contributed by atoms with Crippen molar-refractivity contribution < 1.29 is 19.1 Å². The minimum atomic E-state index is -0.502. The second-order valence-corrected chi connectivity index (χ2v) is 9.87. The maximum Gasteiger partial charge on any atom is 0.193 e. The van der Waals surface area contributed by atoms with Crippen molar-refractivity contribution in [1.29, 1.82) is 0 Å². The van der Waals surface area contributed by atoms with Crippen LogP contribution in [0.1, 0.15) is 86.2 Å². The number of benzene rings is 3. The molecule has 0 aliphatic heterocycles. The van der Waals surface area contributed by atoms with E-state index < -0.39 is 10.8 Å². The number of Topliss-reactive ketones (excluding diaryl/α,β-unsaturated/α-hetero) is 2. The van der Waals surface area contributed by atoms with Gasteiger partial charge in [-0.25, -0.2) is 0 Å². The van der Waals surface area contributed by atoms with E-state index >= 15 is 0 Å². The van der Waals surface area contributed by atoms with Crippen molar-refractivity contribution in [2.45, 2.75) is 59.8 Å². The van der Waals surface area contributed by atoms with Crippen LogP contribution in [0.4, 0.5) is 0 Å². The Morgan fingerprint density at radius 1 is 0.657 bits per heavy atom. The van der Waals surface area contributed by atoms with E-state index in [0.29, 0.717) is 28.2 Å². The first-order valence-electron chi connectivity index (χ1n) is 12.1. The van der Waals surface area contributed by atoms with Crippen molar-refractivity contribution in [1.82, 2.24) is 0 Å². The van der Waals surface area contributed by atoms with Crippen LogP contribution in [0.3, 0.4) is 0 Å². The van der Waals surface area contributed by atoms with Gasteiger partial charge in [0.15, 0.2) is 11.6 Å². The topological polar surface area (TPSA) is 60.4 Å². The number of hydrogen-bond acceptors (Lipinski definition) is 4. The summed E-state index contributed by atoms with van der Waals surface area (Å²) in [5.74, 6) is 1.37. The molecule has 35 heavy (non-hydrogen) atoms. The van der Waals surface area contributed by atoms with Crippen molar-refractivity contribution in [2.75, 3.05) is 0 Å². The maximum atomic E-state index is 12.9. The van der Waals surface area contributed by atoms with E-state index in [2.05, 4.69) is 0 Å². The number of carbonyl (C=O) groups is 3. The molecule has 0 saturated carbocycles. The molecule has 1 unspecified atom stereocenters. The highest BCUT2D eigenvalue weighted by atomic mass is 16.5. The molecular weight excluding hydrogens is 436 g/mol. The van der Waals surface area contributed by atoms with Gasteiger partial charge in [-0.3, -0.25) is 14.4 Å². The van der Waals surface area contributed by atoms with Crippen molar-refractivity contribution in [3.05, 3.63) is 95.1 Å². The van der Waals surface area contributed by atoms with Crippen LogP contribution in [0.25, 0.3) is 0 Å². The first kappa shape index (κ1) is 26.1. The van der Waals surface area contributed by atoms with Crippen molar-refractivity contribution >= 4 is 17.3 Å². The molecule has 182 valence electrons. The van der Waals surface area contributed by atoms with E-state index in [1.807, 2.05) is 58.9 Å². The molecule has 0 aromatic heterocycles. The van der Waals surface area contributed by atoms with Crippen LogP contribution in [-0.4, -0.2) is 17.3 Å². The molecule has 3 aromatic carbocycles. The number of carbonyl (C=O) groups excluding carboxylic acids is 3. The van der Waals surface area contributed by atoms with Crippen LogP contribution in [0, 0.1) is 5.41 Å². The Balaban J connectivity index is 1.70. The highest BCUT2D eigenvalue weighted by Gasteiger charge is 2.30. The third-order valence-electron chi connectivity index (χ3n) is 7.24. The van der Waals surface area contributed by atoms with E-state index in [9.17, 15) is 14.4 Å². The molecule has 1 atom stereocenters. The fourth-order valence-corrected chi connectivity index (χ4v) is 3.85. The van der Waals surface area contributed by atoms with Crippen molar-refractivity contribution in [2.24, 2.45) is 5.41 Å². The molecule has 0 radical (unpaired) electrons. The van der Waals surface area contributed by atoms with Gasteiger partial charge in [-0.15, -0.1) is 0 Å². The zero-order valence-corrected chi connectivity index (χ0v) is 21.5. The van der Waals surface area contributed by atoms with Gasteiger partial charge in [-0.1, -0.05) is 64.1 Å². The molecule has 0 fully saturated rings. The number of hydrogen-bond donors (Lipinski definition) is 0. The third-order valence-corrected chi connectivity index (χ3v) is 7.24. The minimum absolute atomic E-state index is 0.0779. The van der Waals surface area contributed by atoms with Crippen LogP contribution in [0.5, 0.6) is 11.5 Å². The first-order chi connectivity index (χ1) is 16.5. The number of rotatable bonds is 10. The van der Waals surface area contributed by atoms with E-state index in [0.717, 1.165) is 18.4 Å². The number of ether oxygens (including phenoxy) is 1. The van der Waals surface area contributed by atoms with Gasteiger partial charge in [0.25, 0.3) is 0 Å². The Hall–Kier alpha value is -3.53. The lowest BCUT2D eigenvalue weighted by Gasteiger charge is -2.25. The molecule has 3 aromatic rings. The summed E-state index contributed by atoms with van der Waals surface area (Å²) < 4.78 is 5.93. The summed E-state index contributed by atoms with van der Waals surface area (Å²) in [7, 11) is 0. The minimum Gasteiger partial charge on any atom is -0.457 e.